The summed E-state index contributed by atoms with van der Waals surface area (Å²) in [6, 6.07) is 4.86. The molecule has 0 unspecified atom stereocenters. The van der Waals surface area contributed by atoms with Crippen LogP contribution in [0.4, 0.5) is 11.4 Å². The Morgan fingerprint density at radius 3 is 3.00 bits per heavy atom. The summed E-state index contributed by atoms with van der Waals surface area (Å²) < 4.78 is 0. The highest BCUT2D eigenvalue weighted by atomic mass is 16.6. The zero-order valence-corrected chi connectivity index (χ0v) is 6.10. The van der Waals surface area contributed by atoms with Crippen LogP contribution in [0.25, 0.3) is 6.08 Å². The lowest BCUT2D eigenvalue weighted by atomic mass is 10.1. The third-order valence-electron chi connectivity index (χ3n) is 1.71. The van der Waals surface area contributed by atoms with Crippen LogP contribution >= 0.6 is 0 Å². The summed E-state index contributed by atoms with van der Waals surface area (Å²) in [5.41, 5.74) is 1.39. The first-order valence-electron chi connectivity index (χ1n) is 3.44. The fourth-order valence-electron chi connectivity index (χ4n) is 1.18. The van der Waals surface area contributed by atoms with Crippen LogP contribution in [0.1, 0.15) is 5.56 Å². The molecule has 4 heteroatoms. The van der Waals surface area contributed by atoms with Crippen molar-refractivity contribution in [2.75, 3.05) is 0 Å². The molecule has 1 aromatic rings. The maximum atomic E-state index is 10.5. The van der Waals surface area contributed by atoms with E-state index >= 15 is 0 Å². The molecule has 1 aliphatic heterocycles. The number of hydrogen-bond acceptors (Lipinski definition) is 2. The van der Waals surface area contributed by atoms with Gasteiger partial charge < -0.3 is 0 Å². The quantitative estimate of drug-likeness (QED) is 0.466. The van der Waals surface area contributed by atoms with Gasteiger partial charge in [-0.3, -0.25) is 15.4 Å². The maximum Gasteiger partial charge on any atom is 0.278 e. The lowest BCUT2D eigenvalue weighted by Crippen LogP contribution is -1.91. The molecule has 0 N–H and O–H groups in total. The fourth-order valence-corrected chi connectivity index (χ4v) is 1.18. The molecule has 0 fully saturated rings. The van der Waals surface area contributed by atoms with Crippen molar-refractivity contribution in [1.29, 1.82) is 0 Å². The Morgan fingerprint density at radius 2 is 2.25 bits per heavy atom. The van der Waals surface area contributed by atoms with Crippen LogP contribution in [-0.2, 0) is 0 Å². The third-order valence-corrected chi connectivity index (χ3v) is 1.71. The zero-order chi connectivity index (χ0) is 8.55. The minimum absolute atomic E-state index is 0.116. The van der Waals surface area contributed by atoms with Gasteiger partial charge in [-0.15, -0.1) is 0 Å². The first kappa shape index (κ1) is 6.84. The van der Waals surface area contributed by atoms with Gasteiger partial charge in [0.15, 0.2) is 0 Å². The zero-order valence-electron chi connectivity index (χ0n) is 6.10. The number of nitro groups is 1. The highest BCUT2D eigenvalue weighted by molar-refractivity contribution is 5.76. The topological polar surface area (TPSA) is 57.2 Å². The number of fused-ring (bicyclic) bond motifs is 1. The van der Waals surface area contributed by atoms with E-state index < -0.39 is 4.92 Å². The van der Waals surface area contributed by atoms with Gasteiger partial charge in [0.05, 0.1) is 16.2 Å². The Hall–Kier alpha value is -1.84. The molecular formula is C8H5N2O2. The van der Waals surface area contributed by atoms with Gasteiger partial charge in [0.2, 0.25) is 0 Å². The summed E-state index contributed by atoms with van der Waals surface area (Å²) in [5.74, 6) is 0. The molecule has 0 atom stereocenters. The van der Waals surface area contributed by atoms with Crippen molar-refractivity contribution in [2.45, 2.75) is 0 Å². The van der Waals surface area contributed by atoms with Crippen molar-refractivity contribution in [3.05, 3.63) is 40.1 Å². The SMILES string of the molecule is O=[N+]([O-])c1cccc2c1C=C[N]2. The van der Waals surface area contributed by atoms with Crippen molar-refractivity contribution in [3.63, 3.8) is 0 Å². The van der Waals surface area contributed by atoms with Crippen molar-refractivity contribution < 1.29 is 4.92 Å². The largest absolute Gasteiger partial charge is 0.278 e. The lowest BCUT2D eigenvalue weighted by Gasteiger charge is -1.97. The van der Waals surface area contributed by atoms with E-state index in [-0.39, 0.29) is 5.69 Å². The summed E-state index contributed by atoms with van der Waals surface area (Å²) in [6.45, 7) is 0. The molecule has 0 saturated carbocycles. The first-order valence-corrected chi connectivity index (χ1v) is 3.44. The molecule has 1 aromatic carbocycles. The van der Waals surface area contributed by atoms with E-state index in [1.165, 1.54) is 6.07 Å². The normalized spacial score (nSPS) is 12.3. The summed E-state index contributed by atoms with van der Waals surface area (Å²) in [7, 11) is 0. The Morgan fingerprint density at radius 1 is 1.42 bits per heavy atom. The molecule has 1 heterocycles. The molecule has 1 radical (unpaired) electrons. The van der Waals surface area contributed by atoms with E-state index in [0.717, 1.165) is 0 Å². The molecule has 0 amide bonds. The van der Waals surface area contributed by atoms with E-state index in [1.54, 1.807) is 24.4 Å². The van der Waals surface area contributed by atoms with Crippen LogP contribution in [0.3, 0.4) is 0 Å². The fraction of sp³-hybridized carbons (Fsp3) is 0. The van der Waals surface area contributed by atoms with Crippen LogP contribution in [0, 0.1) is 10.1 Å². The van der Waals surface area contributed by atoms with Crippen LogP contribution in [0.2, 0.25) is 0 Å². The first-order chi connectivity index (χ1) is 5.79. The molecule has 4 nitrogen and oxygen atoms in total. The summed E-state index contributed by atoms with van der Waals surface area (Å²) >= 11 is 0. The highest BCUT2D eigenvalue weighted by Gasteiger charge is 2.17. The molecule has 2 rings (SSSR count). The number of nitro benzene ring substituents is 1. The maximum absolute atomic E-state index is 10.5. The summed E-state index contributed by atoms with van der Waals surface area (Å²) in [6.07, 6.45) is 3.21. The monoisotopic (exact) mass is 161 g/mol. The van der Waals surface area contributed by atoms with Gasteiger partial charge in [-0.25, -0.2) is 0 Å². The van der Waals surface area contributed by atoms with Crippen LogP contribution in [0.5, 0.6) is 0 Å². The van der Waals surface area contributed by atoms with Crippen molar-refractivity contribution in [2.24, 2.45) is 0 Å². The van der Waals surface area contributed by atoms with Crippen molar-refractivity contribution in [3.8, 4) is 0 Å². The Balaban J connectivity index is 2.63. The average Bonchev–Trinajstić information content (AvgIpc) is 2.49. The smallest absolute Gasteiger partial charge is 0.258 e. The van der Waals surface area contributed by atoms with Gasteiger partial charge in [0.25, 0.3) is 5.69 Å². The summed E-state index contributed by atoms with van der Waals surface area (Å²) in [4.78, 5) is 10.1. The third kappa shape index (κ3) is 0.852. The average molecular weight is 161 g/mol. The van der Waals surface area contributed by atoms with Gasteiger partial charge in [0.1, 0.15) is 0 Å². The van der Waals surface area contributed by atoms with Crippen LogP contribution in [-0.4, -0.2) is 4.92 Å². The molecule has 0 aromatic heterocycles. The second-order valence-electron chi connectivity index (χ2n) is 2.41. The molecule has 1 aliphatic rings. The molecule has 0 saturated heterocycles. The van der Waals surface area contributed by atoms with E-state index in [2.05, 4.69) is 5.32 Å². The van der Waals surface area contributed by atoms with Crippen molar-refractivity contribution >= 4 is 17.5 Å². The number of rotatable bonds is 1. The molecule has 0 aliphatic carbocycles. The van der Waals surface area contributed by atoms with E-state index in [0.29, 0.717) is 11.3 Å². The van der Waals surface area contributed by atoms with Gasteiger partial charge in [-0.05, 0) is 12.1 Å². The predicted octanol–water partition coefficient (Wildman–Crippen LogP) is 1.81. The van der Waals surface area contributed by atoms with E-state index in [9.17, 15) is 10.1 Å². The number of hydrogen-bond donors (Lipinski definition) is 0. The van der Waals surface area contributed by atoms with Gasteiger partial charge >= 0.3 is 0 Å². The Bertz CT molecular complexity index is 371. The van der Waals surface area contributed by atoms with Gasteiger partial charge in [-0.1, -0.05) is 6.07 Å². The Kier molecular flexibility index (Phi) is 1.33. The predicted molar refractivity (Wildman–Crippen MR) is 43.9 cm³/mol. The van der Waals surface area contributed by atoms with Crippen LogP contribution in [0.15, 0.2) is 24.4 Å². The minimum Gasteiger partial charge on any atom is -0.258 e. The Labute approximate surface area is 68.7 Å². The van der Waals surface area contributed by atoms with E-state index in [4.69, 9.17) is 0 Å². The van der Waals surface area contributed by atoms with Gasteiger partial charge in [-0.2, -0.15) is 0 Å². The highest BCUT2D eigenvalue weighted by Crippen LogP contribution is 2.31. The minimum atomic E-state index is -0.399. The second kappa shape index (κ2) is 2.34. The lowest BCUT2D eigenvalue weighted by molar-refractivity contribution is -0.385. The molecular weight excluding hydrogens is 156 g/mol. The van der Waals surface area contributed by atoms with Crippen molar-refractivity contribution in [1.82, 2.24) is 5.32 Å². The molecule has 59 valence electrons. The van der Waals surface area contributed by atoms with Gasteiger partial charge in [0, 0.05) is 12.3 Å². The number of nitrogens with zero attached hydrogens (tertiary/aromatic N) is 2. The molecule has 0 spiro atoms. The molecule has 12 heavy (non-hydrogen) atoms. The standard InChI is InChI=1S/C8H5N2O2/c11-10(12)8-3-1-2-7-6(8)4-5-9-7/h1-5H. The summed E-state index contributed by atoms with van der Waals surface area (Å²) in [5, 5.41) is 14.4. The van der Waals surface area contributed by atoms with Crippen LogP contribution < -0.4 is 5.32 Å². The van der Waals surface area contributed by atoms with E-state index in [1.807, 2.05) is 0 Å². The number of benzene rings is 1. The second-order valence-corrected chi connectivity index (χ2v) is 2.41. The molecule has 0 bridgehead atoms.